The van der Waals surface area contributed by atoms with Crippen LogP contribution in [0.2, 0.25) is 0 Å². The molecule has 0 fully saturated rings. The smallest absolute Gasteiger partial charge is 0.138 e. The Morgan fingerprint density at radius 3 is 2.93 bits per heavy atom. The minimum atomic E-state index is 0.733. The number of pyridine rings is 1. The van der Waals surface area contributed by atoms with Crippen molar-refractivity contribution in [3.05, 3.63) is 30.1 Å². The van der Waals surface area contributed by atoms with Gasteiger partial charge in [0.1, 0.15) is 11.5 Å². The second kappa shape index (κ2) is 3.31. The Balaban J connectivity index is 2.55. The molecule has 2 heterocycles. The number of anilines is 1. The van der Waals surface area contributed by atoms with Crippen LogP contribution in [0.3, 0.4) is 0 Å². The maximum atomic E-state index is 5.88. The molecule has 0 radical (unpaired) electrons. The number of rotatable bonds is 2. The van der Waals surface area contributed by atoms with Crippen LogP contribution < -0.4 is 5.73 Å². The average Bonchev–Trinajstić information content (AvgIpc) is 2.49. The largest absolute Gasteiger partial charge is 0.385 e. The van der Waals surface area contributed by atoms with Crippen molar-refractivity contribution in [2.75, 3.05) is 19.8 Å². The van der Waals surface area contributed by atoms with Crippen LogP contribution in [0.4, 0.5) is 5.82 Å². The fraction of sp³-hybridized carbons (Fsp3) is 0.300. The molecule has 2 N–H and O–H groups in total. The summed E-state index contributed by atoms with van der Waals surface area (Å²) in [7, 11) is 4.05. The minimum Gasteiger partial charge on any atom is -0.385 e. The molecule has 74 valence electrons. The van der Waals surface area contributed by atoms with Crippen LogP contribution in [-0.2, 0) is 6.54 Å². The SMILES string of the molecule is CN(C)Cc1cnc2cccc(N)n12. The fourth-order valence-corrected chi connectivity index (χ4v) is 1.56. The zero-order valence-corrected chi connectivity index (χ0v) is 8.44. The zero-order chi connectivity index (χ0) is 10.1. The molecule has 2 aromatic heterocycles. The van der Waals surface area contributed by atoms with Crippen LogP contribution in [0.1, 0.15) is 5.69 Å². The van der Waals surface area contributed by atoms with Gasteiger partial charge in [-0.25, -0.2) is 4.98 Å². The summed E-state index contributed by atoms with van der Waals surface area (Å²) in [4.78, 5) is 6.38. The Kier molecular flexibility index (Phi) is 2.13. The summed E-state index contributed by atoms with van der Waals surface area (Å²) in [5.41, 5.74) is 7.90. The minimum absolute atomic E-state index is 0.733. The lowest BCUT2D eigenvalue weighted by atomic mass is 10.4. The summed E-state index contributed by atoms with van der Waals surface area (Å²) >= 11 is 0. The number of imidazole rings is 1. The first-order chi connectivity index (χ1) is 6.68. The Labute approximate surface area is 83.0 Å². The second-order valence-electron chi connectivity index (χ2n) is 3.63. The summed E-state index contributed by atoms with van der Waals surface area (Å²) in [5, 5.41) is 0. The van der Waals surface area contributed by atoms with Gasteiger partial charge in [0, 0.05) is 6.54 Å². The van der Waals surface area contributed by atoms with Crippen LogP contribution in [0.15, 0.2) is 24.4 Å². The summed E-state index contributed by atoms with van der Waals surface area (Å²) in [6.45, 7) is 0.843. The third-order valence-corrected chi connectivity index (χ3v) is 2.11. The van der Waals surface area contributed by atoms with Crippen LogP contribution in [-0.4, -0.2) is 28.4 Å². The van der Waals surface area contributed by atoms with Gasteiger partial charge in [-0.15, -0.1) is 0 Å². The Hall–Kier alpha value is -1.55. The highest BCUT2D eigenvalue weighted by molar-refractivity contribution is 5.49. The van der Waals surface area contributed by atoms with Gasteiger partial charge in [0.05, 0.1) is 11.9 Å². The van der Waals surface area contributed by atoms with E-state index in [4.69, 9.17) is 5.73 Å². The summed E-state index contributed by atoms with van der Waals surface area (Å²) in [5.74, 6) is 0.733. The molecule has 0 atom stereocenters. The first-order valence-corrected chi connectivity index (χ1v) is 4.54. The maximum absolute atomic E-state index is 5.88. The lowest BCUT2D eigenvalue weighted by Gasteiger charge is -2.10. The Morgan fingerprint density at radius 2 is 2.21 bits per heavy atom. The Morgan fingerprint density at radius 1 is 1.43 bits per heavy atom. The number of nitrogens with two attached hydrogens (primary N) is 1. The molecule has 0 aromatic carbocycles. The summed E-state index contributed by atoms with van der Waals surface area (Å²) < 4.78 is 1.97. The van der Waals surface area contributed by atoms with Crippen molar-refractivity contribution in [1.82, 2.24) is 14.3 Å². The van der Waals surface area contributed by atoms with E-state index in [0.29, 0.717) is 0 Å². The van der Waals surface area contributed by atoms with Crippen molar-refractivity contribution < 1.29 is 0 Å². The van der Waals surface area contributed by atoms with Gasteiger partial charge in [0.2, 0.25) is 0 Å². The molecule has 0 bridgehead atoms. The van der Waals surface area contributed by atoms with Gasteiger partial charge in [-0.3, -0.25) is 4.40 Å². The number of hydrogen-bond acceptors (Lipinski definition) is 3. The van der Waals surface area contributed by atoms with E-state index in [1.807, 2.05) is 42.9 Å². The van der Waals surface area contributed by atoms with Crippen molar-refractivity contribution in [3.8, 4) is 0 Å². The van der Waals surface area contributed by atoms with E-state index in [-0.39, 0.29) is 0 Å². The molecule has 0 unspecified atom stereocenters. The molecule has 0 aliphatic rings. The maximum Gasteiger partial charge on any atom is 0.138 e. The van der Waals surface area contributed by atoms with E-state index in [2.05, 4.69) is 9.88 Å². The van der Waals surface area contributed by atoms with E-state index in [0.717, 1.165) is 23.7 Å². The molecule has 14 heavy (non-hydrogen) atoms. The lowest BCUT2D eigenvalue weighted by molar-refractivity contribution is 0.396. The molecule has 2 rings (SSSR count). The topological polar surface area (TPSA) is 46.6 Å². The summed E-state index contributed by atoms with van der Waals surface area (Å²) in [6, 6.07) is 5.75. The van der Waals surface area contributed by atoms with Crippen molar-refractivity contribution in [2.24, 2.45) is 0 Å². The number of nitrogens with zero attached hydrogens (tertiary/aromatic N) is 3. The van der Waals surface area contributed by atoms with Crippen LogP contribution in [0.5, 0.6) is 0 Å². The molecule has 0 amide bonds. The van der Waals surface area contributed by atoms with Crippen molar-refractivity contribution >= 4 is 11.5 Å². The van der Waals surface area contributed by atoms with Crippen molar-refractivity contribution in [3.63, 3.8) is 0 Å². The third kappa shape index (κ3) is 1.44. The number of hydrogen-bond donors (Lipinski definition) is 1. The zero-order valence-electron chi connectivity index (χ0n) is 8.44. The monoisotopic (exact) mass is 190 g/mol. The van der Waals surface area contributed by atoms with Gasteiger partial charge >= 0.3 is 0 Å². The van der Waals surface area contributed by atoms with E-state index in [1.165, 1.54) is 0 Å². The molecule has 0 saturated heterocycles. The molecule has 4 nitrogen and oxygen atoms in total. The predicted octanol–water partition coefficient (Wildman–Crippen LogP) is 0.978. The van der Waals surface area contributed by atoms with Gasteiger partial charge < -0.3 is 10.6 Å². The van der Waals surface area contributed by atoms with E-state index in [1.54, 1.807) is 0 Å². The molecule has 0 aliphatic carbocycles. The molecule has 0 saturated carbocycles. The highest BCUT2D eigenvalue weighted by atomic mass is 15.1. The van der Waals surface area contributed by atoms with Gasteiger partial charge in [0.25, 0.3) is 0 Å². The fourth-order valence-electron chi connectivity index (χ4n) is 1.56. The molecule has 4 heteroatoms. The Bertz CT molecular complexity index is 444. The number of aromatic nitrogens is 2. The first-order valence-electron chi connectivity index (χ1n) is 4.54. The van der Waals surface area contributed by atoms with Crippen molar-refractivity contribution in [1.29, 1.82) is 0 Å². The van der Waals surface area contributed by atoms with E-state index < -0.39 is 0 Å². The average molecular weight is 190 g/mol. The lowest BCUT2D eigenvalue weighted by Crippen LogP contribution is -2.13. The highest BCUT2D eigenvalue weighted by Gasteiger charge is 2.05. The predicted molar refractivity (Wildman–Crippen MR) is 57.0 cm³/mol. The second-order valence-corrected chi connectivity index (χ2v) is 3.63. The molecule has 2 aromatic rings. The van der Waals surface area contributed by atoms with Crippen LogP contribution in [0, 0.1) is 0 Å². The molecule has 0 aliphatic heterocycles. The highest BCUT2D eigenvalue weighted by Crippen LogP contribution is 2.12. The van der Waals surface area contributed by atoms with E-state index >= 15 is 0 Å². The van der Waals surface area contributed by atoms with Crippen LogP contribution in [0.25, 0.3) is 5.65 Å². The number of fused-ring (bicyclic) bond motifs is 1. The summed E-state index contributed by atoms with van der Waals surface area (Å²) in [6.07, 6.45) is 1.87. The van der Waals surface area contributed by atoms with Gasteiger partial charge in [-0.2, -0.15) is 0 Å². The van der Waals surface area contributed by atoms with Gasteiger partial charge in [0.15, 0.2) is 0 Å². The van der Waals surface area contributed by atoms with E-state index in [9.17, 15) is 0 Å². The van der Waals surface area contributed by atoms with Gasteiger partial charge in [-0.05, 0) is 26.2 Å². The standard InChI is InChI=1S/C10H14N4/c1-13(2)7-8-6-12-10-5-3-4-9(11)14(8)10/h3-6H,7,11H2,1-2H3. The van der Waals surface area contributed by atoms with Gasteiger partial charge in [-0.1, -0.05) is 6.07 Å². The normalized spacial score (nSPS) is 11.4. The first kappa shape index (κ1) is 9.02. The van der Waals surface area contributed by atoms with Crippen LogP contribution >= 0.6 is 0 Å². The number of nitrogen functional groups attached to an aromatic ring is 1. The molecular weight excluding hydrogens is 176 g/mol. The molecular formula is C10H14N4. The van der Waals surface area contributed by atoms with Crippen molar-refractivity contribution in [2.45, 2.75) is 6.54 Å². The third-order valence-electron chi connectivity index (χ3n) is 2.11. The molecule has 0 spiro atoms. The quantitative estimate of drug-likeness (QED) is 0.767.